The van der Waals surface area contributed by atoms with Crippen LogP contribution in [0.25, 0.3) is 0 Å². The lowest BCUT2D eigenvalue weighted by Gasteiger charge is -2.28. The minimum atomic E-state index is -0.516. The van der Waals surface area contributed by atoms with Gasteiger partial charge < -0.3 is 14.8 Å². The SMILES string of the molecule is CCCCCOC(=O)C1=C(C)Nc2nnnn2C1c1ccccc1OCC. The van der Waals surface area contributed by atoms with Gasteiger partial charge in [0, 0.05) is 11.3 Å². The van der Waals surface area contributed by atoms with Gasteiger partial charge in [-0.3, -0.25) is 0 Å². The number of carbonyl (C=O) groups excluding carboxylic acids is 1. The van der Waals surface area contributed by atoms with Gasteiger partial charge in [-0.1, -0.05) is 43.1 Å². The molecule has 1 unspecified atom stereocenters. The molecule has 144 valence electrons. The molecule has 0 fully saturated rings. The van der Waals surface area contributed by atoms with Gasteiger partial charge >= 0.3 is 5.97 Å². The summed E-state index contributed by atoms with van der Waals surface area (Å²) >= 11 is 0. The molecule has 0 spiro atoms. The third-order valence-corrected chi connectivity index (χ3v) is 4.43. The zero-order valence-electron chi connectivity index (χ0n) is 15.9. The minimum Gasteiger partial charge on any atom is -0.494 e. The van der Waals surface area contributed by atoms with E-state index in [0.29, 0.717) is 36.2 Å². The van der Waals surface area contributed by atoms with Gasteiger partial charge in [0.05, 0.1) is 18.8 Å². The number of fused-ring (bicyclic) bond motifs is 1. The molecule has 27 heavy (non-hydrogen) atoms. The fourth-order valence-corrected chi connectivity index (χ4v) is 3.15. The molecular weight excluding hydrogens is 346 g/mol. The average molecular weight is 371 g/mol. The van der Waals surface area contributed by atoms with Crippen molar-refractivity contribution in [1.29, 1.82) is 0 Å². The van der Waals surface area contributed by atoms with Crippen molar-refractivity contribution in [3.05, 3.63) is 41.1 Å². The molecule has 1 aliphatic rings. The van der Waals surface area contributed by atoms with Crippen LogP contribution in [-0.2, 0) is 9.53 Å². The second-order valence-corrected chi connectivity index (χ2v) is 6.33. The third kappa shape index (κ3) is 3.94. The van der Waals surface area contributed by atoms with E-state index in [1.165, 1.54) is 0 Å². The number of carbonyl (C=O) groups is 1. The summed E-state index contributed by atoms with van der Waals surface area (Å²) in [6.45, 7) is 6.78. The maximum Gasteiger partial charge on any atom is 0.338 e. The van der Waals surface area contributed by atoms with Gasteiger partial charge in [-0.2, -0.15) is 4.68 Å². The van der Waals surface area contributed by atoms with Crippen LogP contribution in [0, 0.1) is 0 Å². The Morgan fingerprint density at radius 2 is 2.07 bits per heavy atom. The normalized spacial score (nSPS) is 15.9. The Balaban J connectivity index is 1.99. The van der Waals surface area contributed by atoms with E-state index in [0.717, 1.165) is 24.8 Å². The number of aromatic nitrogens is 4. The van der Waals surface area contributed by atoms with Gasteiger partial charge in [0.15, 0.2) is 0 Å². The third-order valence-electron chi connectivity index (χ3n) is 4.43. The summed E-state index contributed by atoms with van der Waals surface area (Å²) in [5, 5.41) is 14.9. The van der Waals surface area contributed by atoms with Crippen molar-refractivity contribution in [2.24, 2.45) is 0 Å². The Kier molecular flexibility index (Phi) is 6.05. The van der Waals surface area contributed by atoms with E-state index in [4.69, 9.17) is 9.47 Å². The molecule has 2 aromatic rings. The predicted octanol–water partition coefficient (Wildman–Crippen LogP) is 3.09. The molecular formula is C19H25N5O3. The number of tetrazole rings is 1. The first-order valence-electron chi connectivity index (χ1n) is 9.31. The van der Waals surface area contributed by atoms with Crippen LogP contribution in [0.5, 0.6) is 5.75 Å². The molecule has 1 aromatic carbocycles. The highest BCUT2D eigenvalue weighted by atomic mass is 16.5. The van der Waals surface area contributed by atoms with Crippen LogP contribution >= 0.6 is 0 Å². The Labute approximate surface area is 158 Å². The quantitative estimate of drug-likeness (QED) is 0.563. The molecule has 3 rings (SSSR count). The van der Waals surface area contributed by atoms with E-state index < -0.39 is 6.04 Å². The van der Waals surface area contributed by atoms with Gasteiger partial charge in [-0.05, 0) is 36.8 Å². The fraction of sp³-hybridized carbons (Fsp3) is 0.474. The van der Waals surface area contributed by atoms with Crippen molar-refractivity contribution < 1.29 is 14.3 Å². The molecule has 0 saturated heterocycles. The van der Waals surface area contributed by atoms with Gasteiger partial charge in [0.25, 0.3) is 0 Å². The molecule has 0 radical (unpaired) electrons. The molecule has 1 aliphatic heterocycles. The van der Waals surface area contributed by atoms with Crippen molar-refractivity contribution in [2.45, 2.75) is 46.1 Å². The van der Waals surface area contributed by atoms with E-state index >= 15 is 0 Å². The summed E-state index contributed by atoms with van der Waals surface area (Å²) in [5.74, 6) is 0.803. The summed E-state index contributed by atoms with van der Waals surface area (Å²) in [7, 11) is 0. The number of hydrogen-bond donors (Lipinski definition) is 1. The molecule has 1 aromatic heterocycles. The molecule has 8 nitrogen and oxygen atoms in total. The predicted molar refractivity (Wildman–Crippen MR) is 100 cm³/mol. The number of benzene rings is 1. The first-order valence-corrected chi connectivity index (χ1v) is 9.31. The molecule has 0 saturated carbocycles. The summed E-state index contributed by atoms with van der Waals surface area (Å²) < 4.78 is 12.9. The lowest BCUT2D eigenvalue weighted by Crippen LogP contribution is -2.30. The second kappa shape index (κ2) is 8.66. The summed E-state index contributed by atoms with van der Waals surface area (Å²) in [6.07, 6.45) is 2.94. The van der Waals surface area contributed by atoms with Crippen molar-refractivity contribution in [2.75, 3.05) is 18.5 Å². The largest absolute Gasteiger partial charge is 0.494 e. The Morgan fingerprint density at radius 1 is 1.26 bits per heavy atom. The fourth-order valence-electron chi connectivity index (χ4n) is 3.15. The lowest BCUT2D eigenvalue weighted by atomic mass is 9.95. The Morgan fingerprint density at radius 3 is 2.85 bits per heavy atom. The van der Waals surface area contributed by atoms with Crippen molar-refractivity contribution in [3.8, 4) is 5.75 Å². The topological polar surface area (TPSA) is 91.2 Å². The smallest absolute Gasteiger partial charge is 0.338 e. The second-order valence-electron chi connectivity index (χ2n) is 6.33. The number of unbranched alkanes of at least 4 members (excludes halogenated alkanes) is 2. The van der Waals surface area contributed by atoms with E-state index in [-0.39, 0.29) is 5.97 Å². The first kappa shape index (κ1) is 18.9. The number of anilines is 1. The van der Waals surface area contributed by atoms with Crippen LogP contribution < -0.4 is 10.1 Å². The molecule has 0 aliphatic carbocycles. The zero-order chi connectivity index (χ0) is 19.2. The molecule has 0 bridgehead atoms. The number of esters is 1. The number of para-hydroxylation sites is 1. The van der Waals surface area contributed by atoms with E-state index in [1.807, 2.05) is 38.1 Å². The highest BCUT2D eigenvalue weighted by molar-refractivity contribution is 5.92. The number of allylic oxidation sites excluding steroid dienone is 1. The summed E-state index contributed by atoms with van der Waals surface area (Å²) in [4.78, 5) is 12.9. The molecule has 1 atom stereocenters. The first-order chi connectivity index (χ1) is 13.2. The minimum absolute atomic E-state index is 0.367. The zero-order valence-corrected chi connectivity index (χ0v) is 15.9. The van der Waals surface area contributed by atoms with Crippen LogP contribution in [0.3, 0.4) is 0 Å². The number of hydrogen-bond acceptors (Lipinski definition) is 7. The Hall–Kier alpha value is -2.90. The summed E-state index contributed by atoms with van der Waals surface area (Å²) in [6, 6.07) is 7.09. The maximum absolute atomic E-state index is 12.9. The Bertz CT molecular complexity index is 830. The monoisotopic (exact) mass is 371 g/mol. The molecule has 8 heteroatoms. The summed E-state index contributed by atoms with van der Waals surface area (Å²) in [5.41, 5.74) is 1.97. The van der Waals surface area contributed by atoms with Gasteiger partial charge in [0.2, 0.25) is 5.95 Å². The standard InChI is InChI=1S/C19H25N5O3/c1-4-6-9-12-27-18(25)16-13(3)20-19-21-22-23-24(19)17(16)14-10-7-8-11-15(14)26-5-2/h7-8,10-11,17H,4-6,9,12H2,1-3H3,(H,20,21,23). The molecule has 2 heterocycles. The van der Waals surface area contributed by atoms with Crippen LogP contribution in [0.15, 0.2) is 35.5 Å². The van der Waals surface area contributed by atoms with Crippen LogP contribution in [-0.4, -0.2) is 39.4 Å². The molecule has 1 N–H and O–H groups in total. The maximum atomic E-state index is 12.9. The van der Waals surface area contributed by atoms with Gasteiger partial charge in [-0.25, -0.2) is 4.79 Å². The van der Waals surface area contributed by atoms with E-state index in [9.17, 15) is 4.79 Å². The van der Waals surface area contributed by atoms with Gasteiger partial charge in [0.1, 0.15) is 11.8 Å². The van der Waals surface area contributed by atoms with E-state index in [1.54, 1.807) is 4.68 Å². The van der Waals surface area contributed by atoms with Crippen molar-refractivity contribution in [1.82, 2.24) is 20.2 Å². The lowest BCUT2D eigenvalue weighted by molar-refractivity contribution is -0.139. The van der Waals surface area contributed by atoms with E-state index in [2.05, 4.69) is 27.8 Å². The number of nitrogens with one attached hydrogen (secondary N) is 1. The van der Waals surface area contributed by atoms with Crippen LogP contribution in [0.2, 0.25) is 0 Å². The van der Waals surface area contributed by atoms with Crippen LogP contribution in [0.4, 0.5) is 5.95 Å². The van der Waals surface area contributed by atoms with Crippen molar-refractivity contribution >= 4 is 11.9 Å². The average Bonchev–Trinajstić information content (AvgIpc) is 3.13. The highest BCUT2D eigenvalue weighted by Gasteiger charge is 2.36. The highest BCUT2D eigenvalue weighted by Crippen LogP contribution is 2.38. The van der Waals surface area contributed by atoms with Crippen LogP contribution in [0.1, 0.15) is 51.6 Å². The molecule has 0 amide bonds. The number of nitrogens with zero attached hydrogens (tertiary/aromatic N) is 4. The van der Waals surface area contributed by atoms with Gasteiger partial charge in [-0.15, -0.1) is 0 Å². The number of rotatable bonds is 8. The van der Waals surface area contributed by atoms with Crippen molar-refractivity contribution in [3.63, 3.8) is 0 Å². The number of ether oxygens (including phenoxy) is 2.